The average Bonchev–Trinajstić information content (AvgIpc) is 3.31. The molecule has 0 atom stereocenters. The molecular formula is C35H67N7. The number of nitrogens with one attached hydrogen (secondary N) is 1. The summed E-state index contributed by atoms with van der Waals surface area (Å²) in [6.45, 7) is 26.4. The van der Waals surface area contributed by atoms with Crippen molar-refractivity contribution in [1.29, 1.82) is 0 Å². The van der Waals surface area contributed by atoms with Gasteiger partial charge in [-0.2, -0.15) is 0 Å². The summed E-state index contributed by atoms with van der Waals surface area (Å²) in [5.41, 5.74) is 6.64. The number of aliphatic imine (C=N–C) groups is 3. The lowest BCUT2D eigenvalue weighted by Crippen LogP contribution is -2.26. The average molecular weight is 586 g/mol. The second-order valence-corrected chi connectivity index (χ2v) is 12.7. The minimum atomic E-state index is 0. The van der Waals surface area contributed by atoms with Crippen LogP contribution in [0.5, 0.6) is 0 Å². The molecule has 0 amide bonds. The molecular weight excluding hydrogens is 518 g/mol. The number of allylic oxidation sites excluding steroid dienone is 3. The Bertz CT molecular complexity index is 1060. The summed E-state index contributed by atoms with van der Waals surface area (Å²) in [4.78, 5) is 18.1. The lowest BCUT2D eigenvalue weighted by atomic mass is 9.81. The van der Waals surface area contributed by atoms with Gasteiger partial charge in [-0.05, 0) is 88.9 Å². The van der Waals surface area contributed by atoms with Crippen LogP contribution >= 0.6 is 0 Å². The lowest BCUT2D eigenvalue weighted by Gasteiger charge is -2.24. The van der Waals surface area contributed by atoms with Gasteiger partial charge in [-0.25, -0.2) is 4.98 Å². The van der Waals surface area contributed by atoms with E-state index in [1.807, 2.05) is 51.6 Å². The first-order valence-electron chi connectivity index (χ1n) is 15.5. The number of hydrogen-bond acceptors (Lipinski definition) is 5. The van der Waals surface area contributed by atoms with Gasteiger partial charge in [0.05, 0.1) is 23.0 Å². The zero-order valence-electron chi connectivity index (χ0n) is 28.9. The molecule has 242 valence electrons. The van der Waals surface area contributed by atoms with Crippen LogP contribution in [0.4, 0.5) is 0 Å². The number of rotatable bonds is 6. The van der Waals surface area contributed by atoms with Gasteiger partial charge >= 0.3 is 0 Å². The number of aromatic nitrogens is 2. The molecule has 2 heterocycles. The van der Waals surface area contributed by atoms with E-state index in [-0.39, 0.29) is 13.6 Å². The van der Waals surface area contributed by atoms with E-state index in [2.05, 4.69) is 63.8 Å². The lowest BCUT2D eigenvalue weighted by molar-refractivity contribution is 0.275. The van der Waals surface area contributed by atoms with Gasteiger partial charge in [-0.1, -0.05) is 69.7 Å². The zero-order valence-corrected chi connectivity index (χ0v) is 28.9. The van der Waals surface area contributed by atoms with Crippen LogP contribution in [0.3, 0.4) is 0 Å². The van der Waals surface area contributed by atoms with E-state index in [9.17, 15) is 0 Å². The van der Waals surface area contributed by atoms with Crippen LogP contribution in [-0.2, 0) is 0 Å². The summed E-state index contributed by atoms with van der Waals surface area (Å²) in [6, 6.07) is 0. The van der Waals surface area contributed by atoms with E-state index in [1.165, 1.54) is 31.4 Å². The highest BCUT2D eigenvalue weighted by molar-refractivity contribution is 6.42. The second-order valence-electron chi connectivity index (χ2n) is 12.7. The first-order valence-corrected chi connectivity index (χ1v) is 15.5. The second kappa shape index (κ2) is 19.6. The van der Waals surface area contributed by atoms with Crippen molar-refractivity contribution in [2.75, 3.05) is 7.05 Å². The summed E-state index contributed by atoms with van der Waals surface area (Å²) in [6.07, 6.45) is 14.9. The van der Waals surface area contributed by atoms with E-state index < -0.39 is 0 Å². The Morgan fingerprint density at radius 1 is 1.07 bits per heavy atom. The van der Waals surface area contributed by atoms with Gasteiger partial charge < -0.3 is 16.0 Å². The third kappa shape index (κ3) is 13.6. The van der Waals surface area contributed by atoms with Crippen LogP contribution in [0.25, 0.3) is 5.70 Å². The van der Waals surface area contributed by atoms with E-state index in [0.29, 0.717) is 10.8 Å². The monoisotopic (exact) mass is 586 g/mol. The maximum absolute atomic E-state index is 4.90. The molecule has 0 aromatic carbocycles. The molecule has 2 aliphatic rings. The first kappa shape index (κ1) is 41.6. The summed E-state index contributed by atoms with van der Waals surface area (Å²) in [5.74, 6) is 2.79. The molecule has 0 unspecified atom stereocenters. The normalized spacial score (nSPS) is 19.1. The molecule has 1 aromatic rings. The van der Waals surface area contributed by atoms with E-state index in [4.69, 9.17) is 9.98 Å². The van der Waals surface area contributed by atoms with Crippen molar-refractivity contribution < 1.29 is 0 Å². The van der Waals surface area contributed by atoms with Crippen LogP contribution in [0.15, 0.2) is 45.0 Å². The highest BCUT2D eigenvalue weighted by Gasteiger charge is 2.32. The Morgan fingerprint density at radius 2 is 1.64 bits per heavy atom. The molecule has 4 N–H and O–H groups in total. The molecule has 0 saturated heterocycles. The van der Waals surface area contributed by atoms with E-state index in [0.717, 1.165) is 66.1 Å². The number of hydrogen-bond donors (Lipinski definition) is 2. The fourth-order valence-electron chi connectivity index (χ4n) is 5.78. The van der Waals surface area contributed by atoms with Crippen molar-refractivity contribution in [3.63, 3.8) is 0 Å². The van der Waals surface area contributed by atoms with Crippen molar-refractivity contribution in [2.24, 2.45) is 31.7 Å². The topological polar surface area (TPSA) is 102 Å². The Balaban J connectivity index is 0. The molecule has 0 radical (unpaired) electrons. The standard InChI is InChI=1S/C20H30N6.C12H24.C2H6.CH4.H3N/c1-7-17(23-13-14(3)26-12-11-22-16(26)5)19-9-10-20(18(8-2)25-19)24-15(4)21-6;1-10-8-11(2,3)6-7-12(4,5)9-10;1-2;;/h11-13H,7-10H2,1-6H3,(H,21,24);10H,6-9H2,1-5H3;1-2H3;1H4;1H3/b14-13+,23-17?;;;;. The third-order valence-corrected chi connectivity index (χ3v) is 7.79. The van der Waals surface area contributed by atoms with Gasteiger partial charge in [-0.3, -0.25) is 15.0 Å². The third-order valence-electron chi connectivity index (χ3n) is 7.79. The first-order chi connectivity index (χ1) is 18.8. The van der Waals surface area contributed by atoms with Crippen molar-refractivity contribution in [3.05, 3.63) is 35.8 Å². The van der Waals surface area contributed by atoms with Gasteiger partial charge in [0, 0.05) is 37.0 Å². The highest BCUT2D eigenvalue weighted by atomic mass is 15.1. The van der Waals surface area contributed by atoms with Crippen LogP contribution in [0, 0.1) is 23.7 Å². The fourth-order valence-corrected chi connectivity index (χ4v) is 5.78. The van der Waals surface area contributed by atoms with Crippen LogP contribution in [0.2, 0.25) is 0 Å². The van der Waals surface area contributed by atoms with Crippen molar-refractivity contribution in [2.45, 2.75) is 142 Å². The number of imidazole rings is 1. The highest BCUT2D eigenvalue weighted by Crippen LogP contribution is 2.44. The molecule has 1 aliphatic heterocycles. The van der Waals surface area contributed by atoms with Gasteiger partial charge in [-0.15, -0.1) is 0 Å². The van der Waals surface area contributed by atoms with Gasteiger partial charge in [0.15, 0.2) is 0 Å². The molecule has 42 heavy (non-hydrogen) atoms. The van der Waals surface area contributed by atoms with Crippen LogP contribution < -0.4 is 11.5 Å². The summed E-state index contributed by atoms with van der Waals surface area (Å²) < 4.78 is 2.03. The Kier molecular flexibility index (Phi) is 19.4. The smallest absolute Gasteiger partial charge is 0.109 e. The van der Waals surface area contributed by atoms with Crippen molar-refractivity contribution >= 4 is 23.0 Å². The Morgan fingerprint density at radius 3 is 2.10 bits per heavy atom. The zero-order chi connectivity index (χ0) is 30.5. The summed E-state index contributed by atoms with van der Waals surface area (Å²) in [5, 5.41) is 3.38. The molecule has 7 heteroatoms. The summed E-state index contributed by atoms with van der Waals surface area (Å²) in [7, 11) is 1.80. The molecule has 1 saturated carbocycles. The molecule has 0 bridgehead atoms. The Hall–Kier alpha value is -2.54. The van der Waals surface area contributed by atoms with Crippen molar-refractivity contribution in [3.8, 4) is 0 Å². The van der Waals surface area contributed by atoms with Gasteiger partial charge in [0.1, 0.15) is 5.82 Å². The Labute approximate surface area is 260 Å². The van der Waals surface area contributed by atoms with E-state index in [1.54, 1.807) is 13.2 Å². The maximum Gasteiger partial charge on any atom is 0.109 e. The van der Waals surface area contributed by atoms with Gasteiger partial charge in [0.25, 0.3) is 0 Å². The molecule has 1 fully saturated rings. The van der Waals surface area contributed by atoms with Crippen molar-refractivity contribution in [1.82, 2.24) is 21.0 Å². The SMILES string of the molecule is C.CC.CC1CC(C)(C)CCC(C)(C)C1.CCC(=N/C=C(\C)n1ccnc1C)C1=NC(CC)=C(NC(C)=NC)CC1.N. The number of aryl methyl sites for hydroxylation is 1. The minimum absolute atomic E-state index is 0. The molecule has 7 nitrogen and oxygen atoms in total. The number of amidine groups is 1. The largest absolute Gasteiger partial charge is 0.346 e. The molecule has 1 aliphatic carbocycles. The molecule has 3 rings (SSSR count). The molecule has 0 spiro atoms. The van der Waals surface area contributed by atoms with Gasteiger partial charge in [0.2, 0.25) is 0 Å². The quantitative estimate of drug-likeness (QED) is 0.197. The minimum Gasteiger partial charge on any atom is -0.346 e. The molecule has 1 aromatic heterocycles. The van der Waals surface area contributed by atoms with Crippen LogP contribution in [-0.4, -0.2) is 33.9 Å². The fraction of sp³-hybridized carbons (Fsp3) is 0.714. The van der Waals surface area contributed by atoms with Crippen LogP contribution in [0.1, 0.15) is 141 Å². The number of nitrogens with zero attached hydrogens (tertiary/aromatic N) is 5. The van der Waals surface area contributed by atoms with E-state index >= 15 is 0 Å². The predicted molar refractivity (Wildman–Crippen MR) is 189 cm³/mol. The summed E-state index contributed by atoms with van der Waals surface area (Å²) >= 11 is 0. The predicted octanol–water partition coefficient (Wildman–Crippen LogP) is 10.4. The maximum atomic E-state index is 4.90.